The lowest BCUT2D eigenvalue weighted by atomic mass is 9.99. The topological polar surface area (TPSA) is 12.0 Å². The molecule has 0 aliphatic heterocycles. The molecule has 2 heteroatoms. The second-order valence-electron chi connectivity index (χ2n) is 5.98. The lowest BCUT2D eigenvalue weighted by Gasteiger charge is -2.21. The first-order valence-corrected chi connectivity index (χ1v) is 8.38. The Morgan fingerprint density at radius 2 is 1.05 bits per heavy atom. The van der Waals surface area contributed by atoms with Gasteiger partial charge in [-0.05, 0) is 48.6 Å². The minimum absolute atomic E-state index is 0.331. The second kappa shape index (κ2) is 7.24. The Kier molecular flexibility index (Phi) is 5.60. The molecule has 1 nitrogen and oxygen atoms in total. The van der Waals surface area contributed by atoms with Crippen molar-refractivity contribution in [2.24, 2.45) is 0 Å². The summed E-state index contributed by atoms with van der Waals surface area (Å²) >= 11 is 3.48. The van der Waals surface area contributed by atoms with Gasteiger partial charge in [-0.3, -0.25) is 0 Å². The Labute approximate surface area is 136 Å². The molecule has 112 valence electrons. The third-order valence-corrected chi connectivity index (χ3v) is 4.50. The molecule has 2 rings (SSSR count). The molecule has 0 saturated heterocycles. The quantitative estimate of drug-likeness (QED) is 0.702. The molecule has 0 bridgehead atoms. The van der Waals surface area contributed by atoms with E-state index >= 15 is 0 Å². The molecule has 1 N–H and O–H groups in total. The van der Waals surface area contributed by atoms with Gasteiger partial charge in [0.05, 0.1) is 0 Å². The summed E-state index contributed by atoms with van der Waals surface area (Å²) in [6.07, 6.45) is 0. The highest BCUT2D eigenvalue weighted by atomic mass is 79.9. The summed E-state index contributed by atoms with van der Waals surface area (Å²) in [5.41, 5.74) is 4.04. The van der Waals surface area contributed by atoms with Gasteiger partial charge >= 0.3 is 0 Å². The molecule has 0 saturated carbocycles. The predicted molar refractivity (Wildman–Crippen MR) is 94.6 cm³/mol. The molecule has 0 aliphatic carbocycles. The van der Waals surface area contributed by atoms with E-state index in [2.05, 4.69) is 97.5 Å². The van der Waals surface area contributed by atoms with Crippen LogP contribution in [0.1, 0.15) is 62.4 Å². The predicted octanol–water partition coefficient (Wildman–Crippen LogP) is 5.98. The van der Waals surface area contributed by atoms with Gasteiger partial charge in [0.2, 0.25) is 0 Å². The first kappa shape index (κ1) is 16.3. The van der Waals surface area contributed by atoms with Gasteiger partial charge < -0.3 is 5.32 Å². The zero-order valence-corrected chi connectivity index (χ0v) is 14.8. The Hall–Kier alpha value is -1.12. The van der Waals surface area contributed by atoms with Gasteiger partial charge in [-0.15, -0.1) is 0 Å². The summed E-state index contributed by atoms with van der Waals surface area (Å²) in [7, 11) is 0. The monoisotopic (exact) mass is 345 g/mol. The van der Waals surface area contributed by atoms with Crippen molar-refractivity contribution < 1.29 is 0 Å². The van der Waals surface area contributed by atoms with Crippen molar-refractivity contribution >= 4 is 15.9 Å². The summed E-state index contributed by atoms with van der Waals surface area (Å²) in [5.74, 6) is 0.587. The molecule has 1 unspecified atom stereocenters. The van der Waals surface area contributed by atoms with Crippen molar-refractivity contribution in [2.75, 3.05) is 0 Å². The number of hydrogen-bond acceptors (Lipinski definition) is 1. The van der Waals surface area contributed by atoms with Crippen LogP contribution in [-0.2, 0) is 0 Å². The third-order valence-electron chi connectivity index (χ3n) is 3.97. The molecule has 0 amide bonds. The fourth-order valence-electron chi connectivity index (χ4n) is 2.49. The van der Waals surface area contributed by atoms with Crippen LogP contribution in [0.3, 0.4) is 0 Å². The molecule has 2 aromatic carbocycles. The van der Waals surface area contributed by atoms with Crippen LogP contribution in [0.2, 0.25) is 0 Å². The molecule has 21 heavy (non-hydrogen) atoms. The molecule has 2 atom stereocenters. The maximum absolute atomic E-state index is 3.67. The van der Waals surface area contributed by atoms with Crippen molar-refractivity contribution in [3.63, 3.8) is 0 Å². The van der Waals surface area contributed by atoms with Crippen LogP contribution in [0.4, 0.5) is 0 Å². The molecule has 0 aliphatic rings. The van der Waals surface area contributed by atoms with E-state index in [1.54, 1.807) is 0 Å². The highest BCUT2D eigenvalue weighted by molar-refractivity contribution is 9.10. The van der Waals surface area contributed by atoms with Gasteiger partial charge in [0.1, 0.15) is 0 Å². The largest absolute Gasteiger partial charge is 0.304 e. The summed E-state index contributed by atoms with van der Waals surface area (Å²) in [6, 6.07) is 18.1. The summed E-state index contributed by atoms with van der Waals surface area (Å²) in [6.45, 7) is 8.89. The van der Waals surface area contributed by atoms with Crippen molar-refractivity contribution in [1.29, 1.82) is 0 Å². The zero-order chi connectivity index (χ0) is 15.4. The van der Waals surface area contributed by atoms with Gasteiger partial charge in [0.25, 0.3) is 0 Å². The van der Waals surface area contributed by atoms with Crippen molar-refractivity contribution in [3.8, 4) is 0 Å². The SMILES string of the molecule is CC(C)c1ccc(C(C)N[C@H](C)c2ccc(Br)cc2)cc1. The number of halogens is 1. The van der Waals surface area contributed by atoms with Crippen LogP contribution in [0.15, 0.2) is 53.0 Å². The Morgan fingerprint density at radius 1 is 0.667 bits per heavy atom. The second-order valence-corrected chi connectivity index (χ2v) is 6.90. The van der Waals surface area contributed by atoms with Gasteiger partial charge in [-0.2, -0.15) is 0 Å². The summed E-state index contributed by atoms with van der Waals surface area (Å²) in [5, 5.41) is 3.67. The molecule has 0 radical (unpaired) electrons. The van der Waals surface area contributed by atoms with Crippen molar-refractivity contribution in [3.05, 3.63) is 69.7 Å². The van der Waals surface area contributed by atoms with Crippen LogP contribution in [-0.4, -0.2) is 0 Å². The van der Waals surface area contributed by atoms with E-state index in [0.29, 0.717) is 18.0 Å². The van der Waals surface area contributed by atoms with Gasteiger partial charge in [-0.25, -0.2) is 0 Å². The minimum atomic E-state index is 0.331. The van der Waals surface area contributed by atoms with E-state index in [4.69, 9.17) is 0 Å². The third kappa shape index (κ3) is 4.42. The van der Waals surface area contributed by atoms with E-state index in [-0.39, 0.29) is 0 Å². The Bertz CT molecular complexity index is 557. The van der Waals surface area contributed by atoms with E-state index in [0.717, 1.165) is 4.47 Å². The van der Waals surface area contributed by atoms with Crippen LogP contribution < -0.4 is 5.32 Å². The molecule has 0 aromatic heterocycles. The number of benzene rings is 2. The average Bonchev–Trinajstić information content (AvgIpc) is 2.47. The summed E-state index contributed by atoms with van der Waals surface area (Å²) in [4.78, 5) is 0. The van der Waals surface area contributed by atoms with Crippen LogP contribution in [0, 0.1) is 0 Å². The molecular weight excluding hydrogens is 322 g/mol. The van der Waals surface area contributed by atoms with Crippen LogP contribution >= 0.6 is 15.9 Å². The number of hydrogen-bond donors (Lipinski definition) is 1. The van der Waals surface area contributed by atoms with Crippen molar-refractivity contribution in [1.82, 2.24) is 5.32 Å². The van der Waals surface area contributed by atoms with Crippen molar-refractivity contribution in [2.45, 2.75) is 45.7 Å². The van der Waals surface area contributed by atoms with Gasteiger partial charge in [0, 0.05) is 16.6 Å². The Morgan fingerprint density at radius 3 is 1.48 bits per heavy atom. The molecular formula is C19H24BrN. The lowest BCUT2D eigenvalue weighted by molar-refractivity contribution is 0.494. The Balaban J connectivity index is 2.03. The average molecular weight is 346 g/mol. The van der Waals surface area contributed by atoms with E-state index in [1.165, 1.54) is 16.7 Å². The molecule has 2 aromatic rings. The number of rotatable bonds is 5. The van der Waals surface area contributed by atoms with E-state index in [9.17, 15) is 0 Å². The fourth-order valence-corrected chi connectivity index (χ4v) is 2.75. The van der Waals surface area contributed by atoms with Crippen LogP contribution in [0.25, 0.3) is 0 Å². The maximum Gasteiger partial charge on any atom is 0.0297 e. The standard InChI is InChI=1S/C19H24BrN/c1-13(2)16-5-7-17(8-6-16)14(3)21-15(4)18-9-11-19(20)12-10-18/h5-15,21H,1-4H3/t14?,15-/m1/s1. The first-order chi connectivity index (χ1) is 9.97. The molecule has 0 spiro atoms. The maximum atomic E-state index is 3.67. The zero-order valence-electron chi connectivity index (χ0n) is 13.2. The fraction of sp³-hybridized carbons (Fsp3) is 0.368. The molecule has 0 fully saturated rings. The lowest BCUT2D eigenvalue weighted by Crippen LogP contribution is -2.22. The smallest absolute Gasteiger partial charge is 0.0297 e. The highest BCUT2D eigenvalue weighted by Crippen LogP contribution is 2.22. The molecule has 0 heterocycles. The van der Waals surface area contributed by atoms with Gasteiger partial charge in [-0.1, -0.05) is 66.2 Å². The highest BCUT2D eigenvalue weighted by Gasteiger charge is 2.11. The van der Waals surface area contributed by atoms with Gasteiger partial charge in [0.15, 0.2) is 0 Å². The van der Waals surface area contributed by atoms with E-state index in [1.807, 2.05) is 0 Å². The first-order valence-electron chi connectivity index (χ1n) is 7.58. The van der Waals surface area contributed by atoms with E-state index < -0.39 is 0 Å². The normalized spacial score (nSPS) is 14.2. The number of nitrogens with one attached hydrogen (secondary N) is 1. The minimum Gasteiger partial charge on any atom is -0.304 e. The van der Waals surface area contributed by atoms with Crippen LogP contribution in [0.5, 0.6) is 0 Å². The summed E-state index contributed by atoms with van der Waals surface area (Å²) < 4.78 is 1.12.